The standard InChI is InChI=1S/C19H23N3O2S/c1-13-9-14(2)11-16(10-13)18(24)22-7-4-5-15(12-22)17(23)21(3)19-20-6-8-25-19/h6,8-11,15H,4-5,7,12H2,1-3H3/t15-/m1/s1. The summed E-state index contributed by atoms with van der Waals surface area (Å²) < 4.78 is 0. The van der Waals surface area contributed by atoms with Crippen molar-refractivity contribution in [3.8, 4) is 0 Å². The van der Waals surface area contributed by atoms with Crippen molar-refractivity contribution in [1.82, 2.24) is 9.88 Å². The second-order valence-electron chi connectivity index (χ2n) is 6.68. The first kappa shape index (κ1) is 17.6. The van der Waals surface area contributed by atoms with Gasteiger partial charge in [-0.3, -0.25) is 14.5 Å². The summed E-state index contributed by atoms with van der Waals surface area (Å²) in [5.74, 6) is -0.119. The third kappa shape index (κ3) is 3.90. The van der Waals surface area contributed by atoms with Crippen molar-refractivity contribution in [3.63, 3.8) is 0 Å². The van der Waals surface area contributed by atoms with E-state index in [1.807, 2.05) is 36.3 Å². The molecule has 0 N–H and O–H groups in total. The van der Waals surface area contributed by atoms with Crippen molar-refractivity contribution in [2.75, 3.05) is 25.0 Å². The van der Waals surface area contributed by atoms with Crippen LogP contribution < -0.4 is 4.90 Å². The zero-order chi connectivity index (χ0) is 18.0. The van der Waals surface area contributed by atoms with Crippen molar-refractivity contribution in [2.24, 2.45) is 5.92 Å². The SMILES string of the molecule is Cc1cc(C)cc(C(=O)N2CCC[C@@H](C(=O)N(C)c3nccs3)C2)c1. The molecule has 6 heteroatoms. The number of amides is 2. The molecule has 0 spiro atoms. The molecule has 1 atom stereocenters. The molecular formula is C19H23N3O2S. The fourth-order valence-corrected chi connectivity index (χ4v) is 4.01. The van der Waals surface area contributed by atoms with Crippen LogP contribution in [0.4, 0.5) is 5.13 Å². The van der Waals surface area contributed by atoms with Gasteiger partial charge >= 0.3 is 0 Å². The Hall–Kier alpha value is -2.21. The number of carbonyl (C=O) groups excluding carboxylic acids is 2. The van der Waals surface area contributed by atoms with Crippen LogP contribution in [-0.4, -0.2) is 41.8 Å². The van der Waals surface area contributed by atoms with Gasteiger partial charge in [-0.1, -0.05) is 17.2 Å². The maximum absolute atomic E-state index is 12.9. The maximum Gasteiger partial charge on any atom is 0.253 e. The molecule has 2 aromatic rings. The maximum atomic E-state index is 12.9. The summed E-state index contributed by atoms with van der Waals surface area (Å²) in [5, 5.41) is 2.55. The third-order valence-corrected chi connectivity index (χ3v) is 5.41. The summed E-state index contributed by atoms with van der Waals surface area (Å²) in [6.07, 6.45) is 3.35. The summed E-state index contributed by atoms with van der Waals surface area (Å²) >= 11 is 1.44. The molecule has 1 aliphatic heterocycles. The number of thiazole rings is 1. The Labute approximate surface area is 152 Å². The summed E-state index contributed by atoms with van der Waals surface area (Å²) in [7, 11) is 1.76. The molecule has 1 aliphatic rings. The second-order valence-corrected chi connectivity index (χ2v) is 7.55. The van der Waals surface area contributed by atoms with Crippen molar-refractivity contribution < 1.29 is 9.59 Å². The number of hydrogen-bond donors (Lipinski definition) is 0. The topological polar surface area (TPSA) is 53.5 Å². The molecule has 2 amide bonds. The number of piperidine rings is 1. The minimum atomic E-state index is -0.169. The quantitative estimate of drug-likeness (QED) is 0.847. The Balaban J connectivity index is 1.72. The molecule has 0 radical (unpaired) electrons. The number of aryl methyl sites for hydroxylation is 2. The largest absolute Gasteiger partial charge is 0.338 e. The fourth-order valence-electron chi connectivity index (χ4n) is 3.39. The number of carbonyl (C=O) groups is 2. The number of nitrogens with zero attached hydrogens (tertiary/aromatic N) is 3. The zero-order valence-corrected chi connectivity index (χ0v) is 15.7. The molecule has 0 unspecified atom stereocenters. The van der Waals surface area contributed by atoms with Crippen molar-refractivity contribution in [1.29, 1.82) is 0 Å². The molecule has 1 aromatic carbocycles. The molecular weight excluding hydrogens is 334 g/mol. The van der Waals surface area contributed by atoms with Gasteiger partial charge in [-0.05, 0) is 38.8 Å². The van der Waals surface area contributed by atoms with Gasteiger partial charge in [0.2, 0.25) is 5.91 Å². The van der Waals surface area contributed by atoms with Crippen molar-refractivity contribution in [3.05, 3.63) is 46.5 Å². The molecule has 0 saturated carbocycles. The van der Waals surface area contributed by atoms with E-state index in [2.05, 4.69) is 11.1 Å². The van der Waals surface area contributed by atoms with E-state index in [0.717, 1.165) is 24.0 Å². The highest BCUT2D eigenvalue weighted by Crippen LogP contribution is 2.24. The normalized spacial score (nSPS) is 17.4. The highest BCUT2D eigenvalue weighted by atomic mass is 32.1. The van der Waals surface area contributed by atoms with E-state index < -0.39 is 0 Å². The first-order valence-electron chi connectivity index (χ1n) is 8.50. The molecule has 25 heavy (non-hydrogen) atoms. The molecule has 0 bridgehead atoms. The van der Waals surface area contributed by atoms with Gasteiger partial charge in [0.25, 0.3) is 5.91 Å². The highest BCUT2D eigenvalue weighted by Gasteiger charge is 2.31. The molecule has 1 aromatic heterocycles. The lowest BCUT2D eigenvalue weighted by molar-refractivity contribution is -0.123. The van der Waals surface area contributed by atoms with Gasteiger partial charge in [-0.15, -0.1) is 11.3 Å². The zero-order valence-electron chi connectivity index (χ0n) is 14.9. The third-order valence-electron chi connectivity index (χ3n) is 4.56. The number of rotatable bonds is 3. The Morgan fingerprint density at radius 3 is 2.60 bits per heavy atom. The van der Waals surface area contributed by atoms with Crippen LogP contribution in [0.5, 0.6) is 0 Å². The van der Waals surface area contributed by atoms with Crippen LogP contribution in [-0.2, 0) is 4.79 Å². The molecule has 5 nitrogen and oxygen atoms in total. The smallest absolute Gasteiger partial charge is 0.253 e. The van der Waals surface area contributed by atoms with Crippen LogP contribution in [0.1, 0.15) is 34.3 Å². The summed E-state index contributed by atoms with van der Waals surface area (Å²) in [5.41, 5.74) is 2.87. The lowest BCUT2D eigenvalue weighted by Crippen LogP contribution is -2.46. The van der Waals surface area contributed by atoms with E-state index in [1.54, 1.807) is 18.1 Å². The number of likely N-dealkylation sites (tertiary alicyclic amines) is 1. The van der Waals surface area contributed by atoms with E-state index in [9.17, 15) is 9.59 Å². The van der Waals surface area contributed by atoms with E-state index in [1.165, 1.54) is 11.3 Å². The molecule has 1 saturated heterocycles. The average Bonchev–Trinajstić information content (AvgIpc) is 3.13. The van der Waals surface area contributed by atoms with Gasteiger partial charge in [0.1, 0.15) is 0 Å². The Bertz CT molecular complexity index is 753. The first-order valence-corrected chi connectivity index (χ1v) is 9.38. The number of benzene rings is 1. The van der Waals surface area contributed by atoms with Crippen LogP contribution in [0.25, 0.3) is 0 Å². The first-order chi connectivity index (χ1) is 12.0. The summed E-state index contributed by atoms with van der Waals surface area (Å²) in [6, 6.07) is 5.90. The Morgan fingerprint density at radius 2 is 1.96 bits per heavy atom. The lowest BCUT2D eigenvalue weighted by Gasteiger charge is -2.33. The van der Waals surface area contributed by atoms with E-state index in [-0.39, 0.29) is 17.7 Å². The van der Waals surface area contributed by atoms with E-state index in [0.29, 0.717) is 23.8 Å². The van der Waals surface area contributed by atoms with Crippen LogP contribution in [0.2, 0.25) is 0 Å². The molecule has 0 aliphatic carbocycles. The van der Waals surface area contributed by atoms with Crippen LogP contribution >= 0.6 is 11.3 Å². The minimum absolute atomic E-state index is 0.0150. The Morgan fingerprint density at radius 1 is 1.24 bits per heavy atom. The predicted octanol–water partition coefficient (Wildman–Crippen LogP) is 3.28. The predicted molar refractivity (Wildman–Crippen MR) is 100 cm³/mol. The van der Waals surface area contributed by atoms with Gasteiger partial charge in [-0.25, -0.2) is 4.98 Å². The van der Waals surface area contributed by atoms with Gasteiger partial charge < -0.3 is 4.90 Å². The summed E-state index contributed by atoms with van der Waals surface area (Å²) in [4.78, 5) is 33.2. The molecule has 3 rings (SSSR count). The van der Waals surface area contributed by atoms with Gasteiger partial charge in [-0.2, -0.15) is 0 Å². The van der Waals surface area contributed by atoms with Crippen LogP contribution in [0.15, 0.2) is 29.8 Å². The number of aromatic nitrogens is 1. The molecule has 132 valence electrons. The van der Waals surface area contributed by atoms with Crippen molar-refractivity contribution in [2.45, 2.75) is 26.7 Å². The van der Waals surface area contributed by atoms with Crippen LogP contribution in [0, 0.1) is 19.8 Å². The minimum Gasteiger partial charge on any atom is -0.338 e. The molecule has 1 fully saturated rings. The monoisotopic (exact) mass is 357 g/mol. The molecule has 2 heterocycles. The highest BCUT2D eigenvalue weighted by molar-refractivity contribution is 7.13. The number of anilines is 1. The number of hydrogen-bond acceptors (Lipinski definition) is 4. The Kier molecular flexibility index (Phi) is 5.18. The van der Waals surface area contributed by atoms with Gasteiger partial charge in [0, 0.05) is 37.3 Å². The average molecular weight is 357 g/mol. The van der Waals surface area contributed by atoms with E-state index in [4.69, 9.17) is 0 Å². The van der Waals surface area contributed by atoms with E-state index >= 15 is 0 Å². The van der Waals surface area contributed by atoms with Crippen LogP contribution in [0.3, 0.4) is 0 Å². The van der Waals surface area contributed by atoms with Gasteiger partial charge in [0.15, 0.2) is 5.13 Å². The fraction of sp³-hybridized carbons (Fsp3) is 0.421. The summed E-state index contributed by atoms with van der Waals surface area (Å²) in [6.45, 7) is 5.17. The lowest BCUT2D eigenvalue weighted by atomic mass is 9.95. The van der Waals surface area contributed by atoms with Gasteiger partial charge in [0.05, 0.1) is 5.92 Å². The second kappa shape index (κ2) is 7.35. The van der Waals surface area contributed by atoms with Crippen molar-refractivity contribution >= 4 is 28.3 Å².